The molecule has 2 saturated heterocycles. The number of carbonyl (C=O) groups is 1. The molecule has 0 bridgehead atoms. The van der Waals surface area contributed by atoms with E-state index in [0.29, 0.717) is 23.0 Å². The molecule has 2 fully saturated rings. The first kappa shape index (κ1) is 31.0. The summed E-state index contributed by atoms with van der Waals surface area (Å²) in [6.07, 6.45) is 7.58. The number of likely N-dealkylation sites (tertiary alicyclic amines) is 1. The standard InChI is InChI=1S/C30H39ClN8O3S/c1-32-29(40)23-19-22(39-17-13-21(14-18-39)38-15-7-4-8-16-38)11-12-25(23)35-30-33-20-24(31)28(36-30)34-26-9-5-6-10-27(26)43(41,42)37(2)3/h5-6,9-12,19-21H,4,7-8,13-18H2,1-3H3,(H,32,40)(H2,33,34,35,36). The summed E-state index contributed by atoms with van der Waals surface area (Å²) in [5.74, 6) is 0.179. The lowest BCUT2D eigenvalue weighted by Crippen LogP contribution is -2.46. The highest BCUT2D eigenvalue weighted by Gasteiger charge is 2.27. The highest BCUT2D eigenvalue weighted by Crippen LogP contribution is 2.32. The average Bonchev–Trinajstić information content (AvgIpc) is 3.03. The number of hydrogen-bond donors (Lipinski definition) is 3. The van der Waals surface area contributed by atoms with Crippen molar-refractivity contribution in [1.29, 1.82) is 0 Å². The zero-order valence-corrected chi connectivity index (χ0v) is 26.4. The maximum Gasteiger partial charge on any atom is 0.253 e. The van der Waals surface area contributed by atoms with Crippen molar-refractivity contribution < 1.29 is 13.2 Å². The molecule has 5 rings (SSSR count). The summed E-state index contributed by atoms with van der Waals surface area (Å²) >= 11 is 6.40. The van der Waals surface area contributed by atoms with Crippen LogP contribution in [0.15, 0.2) is 53.6 Å². The van der Waals surface area contributed by atoms with E-state index in [4.69, 9.17) is 11.6 Å². The number of benzene rings is 2. The number of sulfonamides is 1. The Morgan fingerprint density at radius 1 is 0.977 bits per heavy atom. The second-order valence-electron chi connectivity index (χ2n) is 11.0. The lowest BCUT2D eigenvalue weighted by molar-refractivity contribution is 0.0964. The molecule has 3 aromatic rings. The molecular formula is C30H39ClN8O3S. The summed E-state index contributed by atoms with van der Waals surface area (Å²) < 4.78 is 26.9. The number of halogens is 1. The summed E-state index contributed by atoms with van der Waals surface area (Å²) in [5.41, 5.74) is 2.32. The van der Waals surface area contributed by atoms with Gasteiger partial charge in [0.1, 0.15) is 9.92 Å². The molecule has 0 aliphatic carbocycles. The molecular weight excluding hydrogens is 588 g/mol. The Balaban J connectivity index is 1.35. The van der Waals surface area contributed by atoms with Gasteiger partial charge >= 0.3 is 0 Å². The van der Waals surface area contributed by atoms with Gasteiger partial charge in [0.2, 0.25) is 16.0 Å². The van der Waals surface area contributed by atoms with Gasteiger partial charge in [-0.15, -0.1) is 0 Å². The first-order chi connectivity index (χ1) is 20.7. The zero-order valence-electron chi connectivity index (χ0n) is 24.8. The molecule has 0 saturated carbocycles. The molecule has 0 atom stereocenters. The average molecular weight is 627 g/mol. The van der Waals surface area contributed by atoms with Crippen LogP contribution < -0.4 is 20.9 Å². The number of amides is 1. The number of nitrogens with zero attached hydrogens (tertiary/aromatic N) is 5. The van der Waals surface area contributed by atoms with Crippen LogP contribution >= 0.6 is 11.6 Å². The van der Waals surface area contributed by atoms with E-state index in [0.717, 1.165) is 35.9 Å². The molecule has 2 aliphatic rings. The lowest BCUT2D eigenvalue weighted by atomic mass is 9.99. The number of piperidine rings is 2. The number of para-hydroxylation sites is 1. The van der Waals surface area contributed by atoms with E-state index in [2.05, 4.69) is 35.7 Å². The van der Waals surface area contributed by atoms with Crippen LogP contribution in [0.4, 0.5) is 28.8 Å². The van der Waals surface area contributed by atoms with Gasteiger partial charge in [-0.2, -0.15) is 4.98 Å². The summed E-state index contributed by atoms with van der Waals surface area (Å²) in [7, 11) is 0.820. The van der Waals surface area contributed by atoms with Gasteiger partial charge in [-0.05, 0) is 69.1 Å². The Morgan fingerprint density at radius 3 is 2.40 bits per heavy atom. The smallest absolute Gasteiger partial charge is 0.253 e. The quantitative estimate of drug-likeness (QED) is 0.311. The number of rotatable bonds is 9. The lowest BCUT2D eigenvalue weighted by Gasteiger charge is -2.41. The third-order valence-corrected chi connectivity index (χ3v) is 10.3. The van der Waals surface area contributed by atoms with Gasteiger partial charge in [0.15, 0.2) is 5.82 Å². The van der Waals surface area contributed by atoms with E-state index in [-0.39, 0.29) is 27.6 Å². The van der Waals surface area contributed by atoms with Crippen molar-refractivity contribution in [1.82, 2.24) is 24.5 Å². The Kier molecular flexibility index (Phi) is 9.70. The van der Waals surface area contributed by atoms with E-state index < -0.39 is 10.0 Å². The molecule has 0 spiro atoms. The minimum atomic E-state index is -3.72. The van der Waals surface area contributed by atoms with Crippen LogP contribution in [0.1, 0.15) is 42.5 Å². The number of carbonyl (C=O) groups excluding carboxylic acids is 1. The topological polar surface area (TPSA) is 123 Å². The van der Waals surface area contributed by atoms with Crippen molar-refractivity contribution in [3.8, 4) is 0 Å². The molecule has 1 aromatic heterocycles. The van der Waals surface area contributed by atoms with Gasteiger partial charge < -0.3 is 25.8 Å². The molecule has 3 heterocycles. The summed E-state index contributed by atoms with van der Waals surface area (Å²) in [5, 5.41) is 9.13. The fourth-order valence-corrected chi connectivity index (χ4v) is 6.87. The third-order valence-electron chi connectivity index (χ3n) is 8.10. The maximum absolute atomic E-state index is 13.0. The molecule has 1 amide bonds. The van der Waals surface area contributed by atoms with Crippen molar-refractivity contribution in [2.24, 2.45) is 0 Å². The molecule has 13 heteroatoms. The van der Waals surface area contributed by atoms with E-state index >= 15 is 0 Å². The van der Waals surface area contributed by atoms with Crippen LogP contribution in [0.5, 0.6) is 0 Å². The van der Waals surface area contributed by atoms with Crippen LogP contribution in [0.3, 0.4) is 0 Å². The molecule has 2 aliphatic heterocycles. The van der Waals surface area contributed by atoms with Crippen molar-refractivity contribution >= 4 is 56.4 Å². The van der Waals surface area contributed by atoms with Gasteiger partial charge in [0.05, 0.1) is 23.1 Å². The largest absolute Gasteiger partial charge is 0.371 e. The summed E-state index contributed by atoms with van der Waals surface area (Å²) in [6, 6.07) is 12.9. The molecule has 0 radical (unpaired) electrons. The first-order valence-electron chi connectivity index (χ1n) is 14.6. The van der Waals surface area contributed by atoms with Gasteiger partial charge in [-0.1, -0.05) is 30.2 Å². The monoisotopic (exact) mass is 626 g/mol. The predicted molar refractivity (Wildman–Crippen MR) is 171 cm³/mol. The second kappa shape index (κ2) is 13.5. The second-order valence-corrected chi connectivity index (χ2v) is 13.6. The van der Waals surface area contributed by atoms with E-state index in [1.807, 2.05) is 18.2 Å². The minimum absolute atomic E-state index is 0.0849. The summed E-state index contributed by atoms with van der Waals surface area (Å²) in [4.78, 5) is 26.8. The Hall–Kier alpha value is -3.45. The zero-order chi connectivity index (χ0) is 30.6. The fraction of sp³-hybridized carbons (Fsp3) is 0.433. The van der Waals surface area contributed by atoms with Crippen LogP contribution in [-0.2, 0) is 10.0 Å². The number of aromatic nitrogens is 2. The molecule has 2 aromatic carbocycles. The van der Waals surface area contributed by atoms with E-state index in [9.17, 15) is 13.2 Å². The van der Waals surface area contributed by atoms with Crippen molar-refractivity contribution in [2.75, 3.05) is 62.9 Å². The number of hydrogen-bond acceptors (Lipinski definition) is 9. The fourth-order valence-electron chi connectivity index (χ4n) is 5.69. The van der Waals surface area contributed by atoms with Gasteiger partial charge in [0.25, 0.3) is 5.91 Å². The molecule has 43 heavy (non-hydrogen) atoms. The predicted octanol–water partition coefficient (Wildman–Crippen LogP) is 4.68. The molecule has 11 nitrogen and oxygen atoms in total. The van der Waals surface area contributed by atoms with Crippen LogP contribution in [0.25, 0.3) is 0 Å². The SMILES string of the molecule is CNC(=O)c1cc(N2CCC(N3CCCCC3)CC2)ccc1Nc1ncc(Cl)c(Nc2ccccc2S(=O)(=O)N(C)C)n1. The third kappa shape index (κ3) is 7.04. The van der Waals surface area contributed by atoms with Crippen molar-refractivity contribution in [3.05, 3.63) is 59.2 Å². The highest BCUT2D eigenvalue weighted by atomic mass is 35.5. The summed E-state index contributed by atoms with van der Waals surface area (Å²) in [6.45, 7) is 4.30. The van der Waals surface area contributed by atoms with Gasteiger partial charge in [-0.25, -0.2) is 17.7 Å². The minimum Gasteiger partial charge on any atom is -0.371 e. The number of nitrogens with one attached hydrogen (secondary N) is 3. The van der Waals surface area contributed by atoms with Gasteiger partial charge in [0, 0.05) is 46.0 Å². The molecule has 0 unspecified atom stereocenters. The first-order valence-corrected chi connectivity index (χ1v) is 16.4. The van der Waals surface area contributed by atoms with E-state index in [1.165, 1.54) is 58.7 Å². The Bertz CT molecular complexity index is 1550. The van der Waals surface area contributed by atoms with Crippen LogP contribution in [-0.4, -0.2) is 86.9 Å². The highest BCUT2D eigenvalue weighted by molar-refractivity contribution is 7.89. The van der Waals surface area contributed by atoms with Crippen LogP contribution in [0, 0.1) is 0 Å². The molecule has 3 N–H and O–H groups in total. The molecule has 230 valence electrons. The van der Waals surface area contributed by atoms with Crippen molar-refractivity contribution in [2.45, 2.75) is 43.0 Å². The van der Waals surface area contributed by atoms with Crippen LogP contribution in [0.2, 0.25) is 5.02 Å². The van der Waals surface area contributed by atoms with E-state index in [1.54, 1.807) is 25.2 Å². The Morgan fingerprint density at radius 2 is 1.70 bits per heavy atom. The van der Waals surface area contributed by atoms with Gasteiger partial charge in [-0.3, -0.25) is 4.79 Å². The normalized spacial score (nSPS) is 16.7. The maximum atomic E-state index is 13.0. The van der Waals surface area contributed by atoms with Crippen molar-refractivity contribution in [3.63, 3.8) is 0 Å². The Labute approximate surface area is 258 Å². The number of anilines is 5.